The second-order valence-corrected chi connectivity index (χ2v) is 10.1. The highest BCUT2D eigenvalue weighted by Crippen LogP contribution is 2.68. The van der Waals surface area contributed by atoms with Crippen molar-refractivity contribution in [2.75, 3.05) is 0 Å². The number of aliphatic hydroxyl groups excluding tert-OH is 3. The maximum Gasteiger partial charge on any atom is 0.105 e. The molecule has 5 N–H and O–H groups in total. The third-order valence-corrected chi connectivity index (χ3v) is 8.75. The third-order valence-electron chi connectivity index (χ3n) is 8.75. The fraction of sp³-hybridized carbons (Fsp3) is 0.900. The Morgan fingerprint density at radius 2 is 1.60 bits per heavy atom. The van der Waals surface area contributed by atoms with E-state index in [9.17, 15) is 25.5 Å². The lowest BCUT2D eigenvalue weighted by Gasteiger charge is -2.46. The molecule has 0 aromatic carbocycles. The molecule has 4 rings (SSSR count). The minimum absolute atomic E-state index is 0.0532. The summed E-state index contributed by atoms with van der Waals surface area (Å²) in [5, 5.41) is 55.2. The molecule has 0 amide bonds. The zero-order valence-electron chi connectivity index (χ0n) is 15.4. The Labute approximate surface area is 149 Å². The molecular formula is C20H32O5. The van der Waals surface area contributed by atoms with Crippen molar-refractivity contribution in [2.45, 2.75) is 82.4 Å². The quantitative estimate of drug-likeness (QED) is 0.418. The molecule has 5 heteroatoms. The van der Waals surface area contributed by atoms with Crippen LogP contribution in [-0.4, -0.2) is 55.0 Å². The number of hydrogen-bond donors (Lipinski definition) is 5. The van der Waals surface area contributed by atoms with Gasteiger partial charge in [0.05, 0.1) is 23.9 Å². The Hall–Kier alpha value is -0.460. The van der Waals surface area contributed by atoms with E-state index in [2.05, 4.69) is 6.58 Å². The van der Waals surface area contributed by atoms with E-state index in [0.29, 0.717) is 19.3 Å². The standard InChI is InChI=1S/C20H32O5/c1-10-11-5-6-12-16(23)19(11,9-18(12,4)24)8-15(22)20(25)13(10)7-14(21)17(20,2)3/h11-16,21-25H,1,5-9H2,2-4H3/t11-,12+,13+,14-,15-,16-,18+,19-,20+/m0/s1. The van der Waals surface area contributed by atoms with Crippen LogP contribution in [0.5, 0.6) is 0 Å². The van der Waals surface area contributed by atoms with Gasteiger partial charge in [0.25, 0.3) is 0 Å². The van der Waals surface area contributed by atoms with Gasteiger partial charge >= 0.3 is 0 Å². The monoisotopic (exact) mass is 352 g/mol. The topological polar surface area (TPSA) is 101 Å². The zero-order chi connectivity index (χ0) is 18.6. The van der Waals surface area contributed by atoms with Crippen LogP contribution in [0.2, 0.25) is 0 Å². The molecule has 5 nitrogen and oxygen atoms in total. The first kappa shape index (κ1) is 17.9. The first-order valence-corrected chi connectivity index (χ1v) is 9.57. The SMILES string of the molecule is C=C1[C@H]2C[C@H](O)C(C)(C)[C@]2(O)[C@@H](O)C[C@]23C[C@@](C)(O)[C@H](CC[C@@H]12)[C@@H]3O. The van der Waals surface area contributed by atoms with Crippen LogP contribution >= 0.6 is 0 Å². The molecule has 0 unspecified atom stereocenters. The average Bonchev–Trinajstić information content (AvgIpc) is 2.71. The third kappa shape index (κ3) is 1.86. The molecule has 2 bridgehead atoms. The van der Waals surface area contributed by atoms with E-state index in [1.54, 1.807) is 20.8 Å². The van der Waals surface area contributed by atoms with Crippen molar-refractivity contribution < 1.29 is 25.5 Å². The molecule has 0 aliphatic heterocycles. The van der Waals surface area contributed by atoms with E-state index >= 15 is 0 Å². The maximum atomic E-state index is 11.6. The van der Waals surface area contributed by atoms with Crippen molar-refractivity contribution in [3.05, 3.63) is 12.2 Å². The second kappa shape index (κ2) is 4.87. The van der Waals surface area contributed by atoms with Gasteiger partial charge in [0.2, 0.25) is 0 Å². The van der Waals surface area contributed by atoms with Crippen LogP contribution in [0.1, 0.15) is 52.9 Å². The van der Waals surface area contributed by atoms with E-state index in [0.717, 1.165) is 12.0 Å². The number of aliphatic hydroxyl groups is 5. The lowest BCUT2D eigenvalue weighted by molar-refractivity contribution is -0.174. The van der Waals surface area contributed by atoms with Gasteiger partial charge in [-0.25, -0.2) is 0 Å². The Morgan fingerprint density at radius 3 is 2.24 bits per heavy atom. The summed E-state index contributed by atoms with van der Waals surface area (Å²) < 4.78 is 0. The predicted molar refractivity (Wildman–Crippen MR) is 92.5 cm³/mol. The van der Waals surface area contributed by atoms with Gasteiger partial charge in [0, 0.05) is 22.7 Å². The van der Waals surface area contributed by atoms with Gasteiger partial charge < -0.3 is 25.5 Å². The molecule has 1 spiro atoms. The maximum absolute atomic E-state index is 11.6. The van der Waals surface area contributed by atoms with Crippen LogP contribution in [-0.2, 0) is 0 Å². The van der Waals surface area contributed by atoms with Crippen molar-refractivity contribution in [1.29, 1.82) is 0 Å². The molecule has 4 fully saturated rings. The van der Waals surface area contributed by atoms with E-state index in [-0.39, 0.29) is 18.3 Å². The number of rotatable bonds is 0. The van der Waals surface area contributed by atoms with Crippen LogP contribution in [0.3, 0.4) is 0 Å². The van der Waals surface area contributed by atoms with Crippen LogP contribution < -0.4 is 0 Å². The van der Waals surface area contributed by atoms with E-state index in [1.165, 1.54) is 0 Å². The van der Waals surface area contributed by atoms with Gasteiger partial charge in [-0.1, -0.05) is 26.0 Å². The summed E-state index contributed by atoms with van der Waals surface area (Å²) in [6, 6.07) is 0. The van der Waals surface area contributed by atoms with Gasteiger partial charge in [-0.2, -0.15) is 0 Å². The summed E-state index contributed by atoms with van der Waals surface area (Å²) in [5.74, 6) is -0.649. The molecule has 0 heterocycles. The average molecular weight is 352 g/mol. The fourth-order valence-corrected chi connectivity index (χ4v) is 7.23. The van der Waals surface area contributed by atoms with Crippen LogP contribution in [0, 0.1) is 28.6 Å². The van der Waals surface area contributed by atoms with Crippen molar-refractivity contribution in [3.8, 4) is 0 Å². The Morgan fingerprint density at radius 1 is 0.960 bits per heavy atom. The molecule has 0 aromatic rings. The molecule has 142 valence electrons. The normalized spacial score (nSPS) is 60.1. The van der Waals surface area contributed by atoms with Gasteiger partial charge in [0.1, 0.15) is 5.60 Å². The van der Waals surface area contributed by atoms with E-state index in [1.807, 2.05) is 0 Å². The van der Waals surface area contributed by atoms with E-state index < -0.39 is 46.3 Å². The van der Waals surface area contributed by atoms with Crippen molar-refractivity contribution in [2.24, 2.45) is 28.6 Å². The van der Waals surface area contributed by atoms with E-state index in [4.69, 9.17) is 0 Å². The van der Waals surface area contributed by atoms with Gasteiger partial charge in [-0.05, 0) is 44.9 Å². The highest BCUT2D eigenvalue weighted by atomic mass is 16.4. The summed E-state index contributed by atoms with van der Waals surface area (Å²) in [7, 11) is 0. The van der Waals surface area contributed by atoms with Crippen LogP contribution in [0.15, 0.2) is 12.2 Å². The predicted octanol–water partition coefficient (Wildman–Crippen LogP) is 0.974. The van der Waals surface area contributed by atoms with Crippen LogP contribution in [0.25, 0.3) is 0 Å². The molecule has 4 aliphatic rings. The molecule has 9 atom stereocenters. The molecule has 0 radical (unpaired) electrons. The molecule has 4 aliphatic carbocycles. The minimum Gasteiger partial charge on any atom is -0.392 e. The largest absolute Gasteiger partial charge is 0.392 e. The lowest BCUT2D eigenvalue weighted by Crippen LogP contribution is -2.57. The fourth-order valence-electron chi connectivity index (χ4n) is 7.23. The summed E-state index contributed by atoms with van der Waals surface area (Å²) in [6.45, 7) is 9.67. The molecule has 0 aromatic heterocycles. The molecule has 25 heavy (non-hydrogen) atoms. The summed E-state index contributed by atoms with van der Waals surface area (Å²) >= 11 is 0. The summed E-state index contributed by atoms with van der Waals surface area (Å²) in [6.07, 6.45) is 0.0421. The zero-order valence-corrected chi connectivity index (χ0v) is 15.4. The highest BCUT2D eigenvalue weighted by molar-refractivity contribution is 5.31. The van der Waals surface area contributed by atoms with Crippen molar-refractivity contribution in [3.63, 3.8) is 0 Å². The Bertz CT molecular complexity index is 613. The second-order valence-electron chi connectivity index (χ2n) is 10.1. The number of fused-ring (bicyclic) bond motifs is 2. The summed E-state index contributed by atoms with van der Waals surface area (Å²) in [5.41, 5.74) is -3.12. The Kier molecular flexibility index (Phi) is 3.49. The number of hydrogen-bond acceptors (Lipinski definition) is 5. The van der Waals surface area contributed by atoms with Gasteiger partial charge in [-0.3, -0.25) is 0 Å². The lowest BCUT2D eigenvalue weighted by atomic mass is 9.61. The van der Waals surface area contributed by atoms with Gasteiger partial charge in [-0.15, -0.1) is 0 Å². The highest BCUT2D eigenvalue weighted by Gasteiger charge is 2.72. The minimum atomic E-state index is -1.47. The summed E-state index contributed by atoms with van der Waals surface area (Å²) in [4.78, 5) is 0. The van der Waals surface area contributed by atoms with Crippen molar-refractivity contribution in [1.82, 2.24) is 0 Å². The molecular weight excluding hydrogens is 320 g/mol. The first-order valence-electron chi connectivity index (χ1n) is 9.57. The smallest absolute Gasteiger partial charge is 0.105 e. The van der Waals surface area contributed by atoms with Crippen LogP contribution in [0.4, 0.5) is 0 Å². The van der Waals surface area contributed by atoms with Crippen molar-refractivity contribution >= 4 is 0 Å². The Balaban J connectivity index is 1.85. The molecule has 4 saturated carbocycles. The van der Waals surface area contributed by atoms with Gasteiger partial charge in [0.15, 0.2) is 0 Å². The first-order chi connectivity index (χ1) is 11.4. The molecule has 0 saturated heterocycles.